The van der Waals surface area contributed by atoms with E-state index in [4.69, 9.17) is 4.74 Å². The van der Waals surface area contributed by atoms with Gasteiger partial charge in [0.2, 0.25) is 5.91 Å². The number of anilines is 1. The van der Waals surface area contributed by atoms with Crippen LogP contribution in [0.15, 0.2) is 24.3 Å². The maximum atomic E-state index is 12.1. The Hall–Kier alpha value is -1.57. The number of carbonyl (C=O) groups excluding carboxylic acids is 1. The highest BCUT2D eigenvalue weighted by atomic mass is 127. The fourth-order valence-electron chi connectivity index (χ4n) is 1.97. The Balaban J connectivity index is 1.99. The molecule has 1 aromatic heterocycles. The second kappa shape index (κ2) is 6.93. The number of benzene rings is 1. The summed E-state index contributed by atoms with van der Waals surface area (Å²) in [4.78, 5) is 12.1. The summed E-state index contributed by atoms with van der Waals surface area (Å²) in [6.45, 7) is 6.68. The predicted octanol–water partition coefficient (Wildman–Crippen LogP) is 3.14. The van der Waals surface area contributed by atoms with Crippen molar-refractivity contribution in [2.75, 3.05) is 11.9 Å². The lowest BCUT2D eigenvalue weighted by Crippen LogP contribution is -2.20. The van der Waals surface area contributed by atoms with Crippen LogP contribution in [-0.4, -0.2) is 22.3 Å². The van der Waals surface area contributed by atoms with E-state index in [2.05, 4.69) is 33.0 Å². The van der Waals surface area contributed by atoms with Gasteiger partial charge in [-0.05, 0) is 67.6 Å². The molecule has 0 aliphatic heterocycles. The Labute approximate surface area is 137 Å². The first-order valence-electron chi connectivity index (χ1n) is 6.73. The molecule has 0 bridgehead atoms. The minimum atomic E-state index is -0.0961. The lowest BCUT2D eigenvalue weighted by atomic mass is 10.3. The van der Waals surface area contributed by atoms with Crippen LogP contribution in [0.1, 0.15) is 18.3 Å². The Bertz CT molecular complexity index is 635. The summed E-state index contributed by atoms with van der Waals surface area (Å²) in [6.07, 6.45) is 0. The van der Waals surface area contributed by atoms with Crippen LogP contribution >= 0.6 is 22.6 Å². The zero-order valence-electron chi connectivity index (χ0n) is 12.3. The minimum absolute atomic E-state index is 0.0961. The van der Waals surface area contributed by atoms with Crippen LogP contribution in [0.25, 0.3) is 0 Å². The van der Waals surface area contributed by atoms with Crippen LogP contribution in [0.5, 0.6) is 5.75 Å². The highest BCUT2D eigenvalue weighted by Gasteiger charge is 2.11. The van der Waals surface area contributed by atoms with E-state index in [1.165, 1.54) is 0 Å². The number of halogens is 1. The van der Waals surface area contributed by atoms with E-state index in [-0.39, 0.29) is 12.5 Å². The summed E-state index contributed by atoms with van der Waals surface area (Å²) in [5, 5.41) is 7.22. The SMILES string of the molecule is CCOc1ccc(NC(=O)Cn2nc(C)c(I)c2C)cc1. The normalized spacial score (nSPS) is 10.5. The van der Waals surface area contributed by atoms with E-state index in [0.29, 0.717) is 6.61 Å². The molecule has 0 unspecified atom stereocenters. The van der Waals surface area contributed by atoms with Gasteiger partial charge >= 0.3 is 0 Å². The molecule has 1 amide bonds. The van der Waals surface area contributed by atoms with Gasteiger partial charge in [-0.2, -0.15) is 5.10 Å². The molecule has 1 N–H and O–H groups in total. The van der Waals surface area contributed by atoms with Crippen LogP contribution < -0.4 is 10.1 Å². The number of aromatic nitrogens is 2. The summed E-state index contributed by atoms with van der Waals surface area (Å²) in [6, 6.07) is 7.33. The molecule has 0 aliphatic rings. The smallest absolute Gasteiger partial charge is 0.246 e. The molecule has 0 saturated carbocycles. The summed E-state index contributed by atoms with van der Waals surface area (Å²) < 4.78 is 8.19. The zero-order valence-corrected chi connectivity index (χ0v) is 14.5. The molecule has 0 aliphatic carbocycles. The molecule has 112 valence electrons. The van der Waals surface area contributed by atoms with Gasteiger partial charge in [0.15, 0.2) is 0 Å². The van der Waals surface area contributed by atoms with Crippen LogP contribution in [0.4, 0.5) is 5.69 Å². The van der Waals surface area contributed by atoms with Crippen molar-refractivity contribution in [1.29, 1.82) is 0 Å². The number of amides is 1. The molecule has 2 rings (SSSR count). The molecule has 0 fully saturated rings. The largest absolute Gasteiger partial charge is 0.494 e. The zero-order chi connectivity index (χ0) is 15.4. The third-order valence-corrected chi connectivity index (χ3v) is 4.60. The quantitative estimate of drug-likeness (QED) is 0.787. The van der Waals surface area contributed by atoms with Crippen molar-refractivity contribution in [2.24, 2.45) is 0 Å². The number of nitrogens with one attached hydrogen (secondary N) is 1. The van der Waals surface area contributed by atoms with Crippen LogP contribution in [0, 0.1) is 17.4 Å². The topological polar surface area (TPSA) is 56.1 Å². The van der Waals surface area contributed by atoms with Crippen LogP contribution in [0.3, 0.4) is 0 Å². The van der Waals surface area contributed by atoms with E-state index >= 15 is 0 Å². The highest BCUT2D eigenvalue weighted by Crippen LogP contribution is 2.17. The van der Waals surface area contributed by atoms with Crippen LogP contribution in [-0.2, 0) is 11.3 Å². The lowest BCUT2D eigenvalue weighted by molar-refractivity contribution is -0.116. The third kappa shape index (κ3) is 3.96. The van der Waals surface area contributed by atoms with Gasteiger partial charge in [0, 0.05) is 11.4 Å². The van der Waals surface area contributed by atoms with Crippen LogP contribution in [0.2, 0.25) is 0 Å². The first-order chi connectivity index (χ1) is 10.0. The predicted molar refractivity (Wildman–Crippen MR) is 90.7 cm³/mol. The van der Waals surface area contributed by atoms with Crippen molar-refractivity contribution in [2.45, 2.75) is 27.3 Å². The second-order valence-corrected chi connectivity index (χ2v) is 5.73. The van der Waals surface area contributed by atoms with E-state index < -0.39 is 0 Å². The molecule has 1 heterocycles. The van der Waals surface area contributed by atoms with Crippen molar-refractivity contribution in [3.8, 4) is 5.75 Å². The molecular formula is C15H18IN3O2. The molecule has 0 saturated heterocycles. The monoisotopic (exact) mass is 399 g/mol. The average molecular weight is 399 g/mol. The summed E-state index contributed by atoms with van der Waals surface area (Å²) in [7, 11) is 0. The fraction of sp³-hybridized carbons (Fsp3) is 0.333. The number of aryl methyl sites for hydroxylation is 1. The van der Waals surface area contributed by atoms with E-state index in [9.17, 15) is 4.79 Å². The molecule has 0 spiro atoms. The standard InChI is InChI=1S/C15H18IN3O2/c1-4-21-13-7-5-12(6-8-13)17-14(20)9-19-11(3)15(16)10(2)18-19/h5-8H,4,9H2,1-3H3,(H,17,20). The third-order valence-electron chi connectivity index (χ3n) is 3.04. The number of ether oxygens (including phenoxy) is 1. The minimum Gasteiger partial charge on any atom is -0.494 e. The number of nitrogens with zero attached hydrogens (tertiary/aromatic N) is 2. The Morgan fingerprint density at radius 3 is 2.52 bits per heavy atom. The fourth-order valence-corrected chi connectivity index (χ4v) is 2.35. The van der Waals surface area contributed by atoms with Gasteiger partial charge in [-0.3, -0.25) is 9.48 Å². The molecule has 2 aromatic rings. The van der Waals surface area contributed by atoms with Gasteiger partial charge in [0.1, 0.15) is 12.3 Å². The van der Waals surface area contributed by atoms with Crippen molar-refractivity contribution in [3.63, 3.8) is 0 Å². The van der Waals surface area contributed by atoms with Crippen molar-refractivity contribution < 1.29 is 9.53 Å². The summed E-state index contributed by atoms with van der Waals surface area (Å²) in [5.41, 5.74) is 2.71. The van der Waals surface area contributed by atoms with Gasteiger partial charge in [0.05, 0.1) is 15.9 Å². The van der Waals surface area contributed by atoms with E-state index in [0.717, 1.165) is 26.4 Å². The van der Waals surface area contributed by atoms with E-state index in [1.54, 1.807) is 4.68 Å². The van der Waals surface area contributed by atoms with Gasteiger partial charge < -0.3 is 10.1 Å². The molecule has 0 radical (unpaired) electrons. The number of rotatable bonds is 5. The number of hydrogen-bond donors (Lipinski definition) is 1. The van der Waals surface area contributed by atoms with Crippen molar-refractivity contribution >= 4 is 34.2 Å². The molecule has 21 heavy (non-hydrogen) atoms. The van der Waals surface area contributed by atoms with E-state index in [1.807, 2.05) is 45.0 Å². The Morgan fingerprint density at radius 2 is 2.00 bits per heavy atom. The first kappa shape index (κ1) is 15.8. The second-order valence-electron chi connectivity index (χ2n) is 4.65. The van der Waals surface area contributed by atoms with Crippen molar-refractivity contribution in [3.05, 3.63) is 39.2 Å². The van der Waals surface area contributed by atoms with Crippen molar-refractivity contribution in [1.82, 2.24) is 9.78 Å². The van der Waals surface area contributed by atoms with Gasteiger partial charge in [-0.1, -0.05) is 0 Å². The summed E-state index contributed by atoms with van der Waals surface area (Å²) in [5.74, 6) is 0.699. The number of carbonyl (C=O) groups is 1. The molecule has 5 nitrogen and oxygen atoms in total. The lowest BCUT2D eigenvalue weighted by Gasteiger charge is -2.08. The Morgan fingerprint density at radius 1 is 1.33 bits per heavy atom. The van der Waals surface area contributed by atoms with Gasteiger partial charge in [-0.25, -0.2) is 0 Å². The first-order valence-corrected chi connectivity index (χ1v) is 7.81. The van der Waals surface area contributed by atoms with Gasteiger partial charge in [0.25, 0.3) is 0 Å². The molecule has 0 atom stereocenters. The maximum Gasteiger partial charge on any atom is 0.246 e. The Kier molecular flexibility index (Phi) is 5.22. The molecule has 1 aromatic carbocycles. The summed E-state index contributed by atoms with van der Waals surface area (Å²) >= 11 is 2.24. The average Bonchev–Trinajstić information content (AvgIpc) is 2.69. The maximum absolute atomic E-state index is 12.1. The number of hydrogen-bond acceptors (Lipinski definition) is 3. The molecular weight excluding hydrogens is 381 g/mol. The van der Waals surface area contributed by atoms with Gasteiger partial charge in [-0.15, -0.1) is 0 Å². The molecule has 6 heteroatoms. The highest BCUT2D eigenvalue weighted by molar-refractivity contribution is 14.1.